The lowest BCUT2D eigenvalue weighted by atomic mass is 10.1. The number of sulfonamides is 1. The van der Waals surface area contributed by atoms with Gasteiger partial charge in [-0.1, -0.05) is 24.3 Å². The van der Waals surface area contributed by atoms with Crippen LogP contribution in [-0.4, -0.2) is 46.4 Å². The summed E-state index contributed by atoms with van der Waals surface area (Å²) in [5.41, 5.74) is 0.989. The quantitative estimate of drug-likeness (QED) is 0.511. The summed E-state index contributed by atoms with van der Waals surface area (Å²) in [6.07, 6.45) is -3.80. The fraction of sp³-hybridized carbons (Fsp3) is 0.350. The molecule has 0 bridgehead atoms. The Bertz CT molecular complexity index is 955. The molecule has 0 saturated carbocycles. The predicted octanol–water partition coefficient (Wildman–Crippen LogP) is 2.86. The highest BCUT2D eigenvalue weighted by Crippen LogP contribution is 2.29. The van der Waals surface area contributed by atoms with Crippen molar-refractivity contribution < 1.29 is 21.6 Å². The van der Waals surface area contributed by atoms with Crippen LogP contribution in [-0.2, 0) is 29.2 Å². The summed E-state index contributed by atoms with van der Waals surface area (Å²) < 4.78 is 63.1. The van der Waals surface area contributed by atoms with Crippen LogP contribution in [0, 0.1) is 0 Å². The van der Waals surface area contributed by atoms with Gasteiger partial charge in [-0.05, 0) is 41.8 Å². The van der Waals surface area contributed by atoms with E-state index in [4.69, 9.17) is 0 Å². The molecule has 0 aliphatic carbocycles. The number of nitrogens with one attached hydrogen (secondary N) is 2. The van der Waals surface area contributed by atoms with Gasteiger partial charge in [0.1, 0.15) is 0 Å². The van der Waals surface area contributed by atoms with E-state index >= 15 is 0 Å². The van der Waals surface area contributed by atoms with Gasteiger partial charge in [-0.2, -0.15) is 13.2 Å². The lowest BCUT2D eigenvalue weighted by Gasteiger charge is -2.14. The Labute approximate surface area is 174 Å². The summed E-state index contributed by atoms with van der Waals surface area (Å²) in [6.45, 7) is 0.924. The molecule has 0 atom stereocenters. The van der Waals surface area contributed by atoms with Crippen molar-refractivity contribution >= 4 is 16.0 Å². The van der Waals surface area contributed by atoms with E-state index in [2.05, 4.69) is 15.6 Å². The maximum Gasteiger partial charge on any atom is 0.416 e. The van der Waals surface area contributed by atoms with Gasteiger partial charge in [-0.25, -0.2) is 12.7 Å². The molecule has 0 saturated heterocycles. The van der Waals surface area contributed by atoms with Crippen LogP contribution in [0.15, 0.2) is 58.4 Å². The summed E-state index contributed by atoms with van der Waals surface area (Å²) in [6, 6.07) is 11.6. The number of rotatable bonds is 7. The lowest BCUT2D eigenvalue weighted by Crippen LogP contribution is -2.37. The second-order valence-electron chi connectivity index (χ2n) is 6.73. The van der Waals surface area contributed by atoms with E-state index in [0.29, 0.717) is 25.5 Å². The predicted molar refractivity (Wildman–Crippen MR) is 111 cm³/mol. The van der Waals surface area contributed by atoms with Crippen molar-refractivity contribution in [3.05, 3.63) is 65.2 Å². The molecule has 30 heavy (non-hydrogen) atoms. The van der Waals surface area contributed by atoms with Gasteiger partial charge in [0.15, 0.2) is 5.96 Å². The van der Waals surface area contributed by atoms with Crippen molar-refractivity contribution in [2.24, 2.45) is 4.99 Å². The molecule has 0 radical (unpaired) electrons. The van der Waals surface area contributed by atoms with Crippen molar-refractivity contribution in [3.8, 4) is 0 Å². The molecule has 0 fully saturated rings. The van der Waals surface area contributed by atoms with Crippen LogP contribution in [0.4, 0.5) is 13.2 Å². The van der Waals surface area contributed by atoms with Gasteiger partial charge in [-0.15, -0.1) is 0 Å². The normalized spacial score (nSPS) is 12.8. The molecule has 10 heteroatoms. The Morgan fingerprint density at radius 3 is 2.03 bits per heavy atom. The standard InChI is InChI=1S/C20H25F3N4O2S/c1-24-19(25-13-12-15-4-8-17(9-5-15)20(21,22)23)26-14-16-6-10-18(11-7-16)30(28,29)27(2)3/h4-11H,12-14H2,1-3H3,(H2,24,25,26). The van der Waals surface area contributed by atoms with Crippen LogP contribution in [0.25, 0.3) is 0 Å². The largest absolute Gasteiger partial charge is 0.416 e. The third kappa shape index (κ3) is 6.46. The van der Waals surface area contributed by atoms with Crippen LogP contribution in [0.1, 0.15) is 16.7 Å². The molecule has 0 aliphatic heterocycles. The molecule has 0 spiro atoms. The minimum atomic E-state index is -4.34. The Kier molecular flexibility index (Phi) is 7.85. The third-order valence-corrected chi connectivity index (χ3v) is 6.20. The van der Waals surface area contributed by atoms with Crippen LogP contribution in [0.2, 0.25) is 0 Å². The van der Waals surface area contributed by atoms with Gasteiger partial charge >= 0.3 is 6.18 Å². The summed E-state index contributed by atoms with van der Waals surface area (Å²) in [5.74, 6) is 0.534. The Hall–Kier alpha value is -2.59. The number of aliphatic imine (C=N–C) groups is 1. The zero-order chi connectivity index (χ0) is 22.4. The SMILES string of the molecule is CN=C(NCCc1ccc(C(F)(F)F)cc1)NCc1ccc(S(=O)(=O)N(C)C)cc1. The number of benzene rings is 2. The number of alkyl halides is 3. The molecule has 2 N–H and O–H groups in total. The van der Waals surface area contributed by atoms with Crippen LogP contribution < -0.4 is 10.6 Å². The number of nitrogens with zero attached hydrogens (tertiary/aromatic N) is 2. The first-order valence-electron chi connectivity index (χ1n) is 9.16. The third-order valence-electron chi connectivity index (χ3n) is 4.37. The highest BCUT2D eigenvalue weighted by Gasteiger charge is 2.29. The van der Waals surface area contributed by atoms with E-state index in [1.807, 2.05) is 0 Å². The van der Waals surface area contributed by atoms with E-state index in [0.717, 1.165) is 27.6 Å². The highest BCUT2D eigenvalue weighted by atomic mass is 32.2. The maximum atomic E-state index is 12.6. The second kappa shape index (κ2) is 9.94. The molecule has 0 amide bonds. The van der Waals surface area contributed by atoms with Gasteiger partial charge < -0.3 is 10.6 Å². The number of halogens is 3. The van der Waals surface area contributed by atoms with E-state index in [-0.39, 0.29) is 4.90 Å². The zero-order valence-electron chi connectivity index (χ0n) is 17.0. The van der Waals surface area contributed by atoms with Crippen LogP contribution >= 0.6 is 0 Å². The summed E-state index contributed by atoms with van der Waals surface area (Å²) in [4.78, 5) is 4.32. The summed E-state index contributed by atoms with van der Waals surface area (Å²) in [5, 5.41) is 6.21. The molecule has 2 rings (SSSR count). The zero-order valence-corrected chi connectivity index (χ0v) is 17.8. The number of guanidine groups is 1. The average Bonchev–Trinajstić information content (AvgIpc) is 2.70. The van der Waals surface area contributed by atoms with Crippen molar-refractivity contribution in [3.63, 3.8) is 0 Å². The first kappa shape index (κ1) is 23.7. The first-order chi connectivity index (χ1) is 14.0. The van der Waals surface area contributed by atoms with E-state index in [1.165, 1.54) is 26.2 Å². The van der Waals surface area contributed by atoms with Gasteiger partial charge in [0.25, 0.3) is 0 Å². The molecule has 6 nitrogen and oxygen atoms in total. The Balaban J connectivity index is 1.84. The van der Waals surface area contributed by atoms with Gasteiger partial charge in [-0.3, -0.25) is 4.99 Å². The van der Waals surface area contributed by atoms with Gasteiger partial charge in [0.2, 0.25) is 10.0 Å². The molecular formula is C20H25F3N4O2S. The smallest absolute Gasteiger partial charge is 0.356 e. The number of hydrogen-bond donors (Lipinski definition) is 2. The lowest BCUT2D eigenvalue weighted by molar-refractivity contribution is -0.137. The van der Waals surface area contributed by atoms with Crippen LogP contribution in [0.3, 0.4) is 0 Å². The minimum Gasteiger partial charge on any atom is -0.356 e. The average molecular weight is 443 g/mol. The molecule has 2 aromatic carbocycles. The fourth-order valence-electron chi connectivity index (χ4n) is 2.58. The van der Waals surface area contributed by atoms with Crippen molar-refractivity contribution in [2.45, 2.75) is 24.0 Å². The van der Waals surface area contributed by atoms with Crippen molar-refractivity contribution in [1.82, 2.24) is 14.9 Å². The Morgan fingerprint density at radius 1 is 0.967 bits per heavy atom. The maximum absolute atomic E-state index is 12.6. The molecule has 2 aromatic rings. The summed E-state index contributed by atoms with van der Waals surface area (Å²) >= 11 is 0. The molecule has 0 unspecified atom stereocenters. The van der Waals surface area contributed by atoms with Crippen molar-refractivity contribution in [2.75, 3.05) is 27.7 Å². The van der Waals surface area contributed by atoms with E-state index in [1.54, 1.807) is 31.3 Å². The van der Waals surface area contributed by atoms with Gasteiger partial charge in [0, 0.05) is 34.2 Å². The highest BCUT2D eigenvalue weighted by molar-refractivity contribution is 7.89. The summed E-state index contributed by atoms with van der Waals surface area (Å²) in [7, 11) is 1.10. The van der Waals surface area contributed by atoms with Gasteiger partial charge in [0.05, 0.1) is 10.5 Å². The molecular weight excluding hydrogens is 417 g/mol. The topological polar surface area (TPSA) is 73.8 Å². The minimum absolute atomic E-state index is 0.218. The molecule has 0 aromatic heterocycles. The van der Waals surface area contributed by atoms with E-state index < -0.39 is 21.8 Å². The van der Waals surface area contributed by atoms with E-state index in [9.17, 15) is 21.6 Å². The number of hydrogen-bond acceptors (Lipinski definition) is 3. The second-order valence-corrected chi connectivity index (χ2v) is 8.88. The molecule has 164 valence electrons. The molecule has 0 aliphatic rings. The molecule has 0 heterocycles. The first-order valence-corrected chi connectivity index (χ1v) is 10.6. The monoisotopic (exact) mass is 442 g/mol. The Morgan fingerprint density at radius 2 is 1.53 bits per heavy atom. The van der Waals surface area contributed by atoms with Crippen molar-refractivity contribution in [1.29, 1.82) is 0 Å². The fourth-order valence-corrected chi connectivity index (χ4v) is 3.48. The van der Waals surface area contributed by atoms with Crippen LogP contribution in [0.5, 0.6) is 0 Å².